The van der Waals surface area contributed by atoms with Crippen molar-refractivity contribution in [3.8, 4) is 5.75 Å². The maximum Gasteiger partial charge on any atom is 0.338 e. The standard InChI is InChI=1S/C11H12O3/c1-3-14-11(13)8(2)9-6-4-5-7-10(9)12/h4-7,12H,2-3H2,1H3. The Labute approximate surface area is 82.6 Å². The second-order valence-corrected chi connectivity index (χ2v) is 2.72. The smallest absolute Gasteiger partial charge is 0.338 e. The molecule has 0 aliphatic rings. The van der Waals surface area contributed by atoms with E-state index in [-0.39, 0.29) is 11.3 Å². The molecule has 1 rings (SSSR count). The molecule has 0 unspecified atom stereocenters. The minimum absolute atomic E-state index is 0.0329. The first-order chi connectivity index (χ1) is 6.66. The third-order valence-electron chi connectivity index (χ3n) is 1.75. The van der Waals surface area contributed by atoms with E-state index in [1.807, 2.05) is 0 Å². The Morgan fingerprint density at radius 2 is 2.14 bits per heavy atom. The second-order valence-electron chi connectivity index (χ2n) is 2.72. The average Bonchev–Trinajstić information content (AvgIpc) is 2.18. The van der Waals surface area contributed by atoms with Gasteiger partial charge in [0.05, 0.1) is 12.2 Å². The molecular formula is C11H12O3. The van der Waals surface area contributed by atoms with E-state index in [9.17, 15) is 9.90 Å². The zero-order valence-electron chi connectivity index (χ0n) is 7.99. The molecule has 0 saturated heterocycles. The van der Waals surface area contributed by atoms with Crippen LogP contribution in [0, 0.1) is 0 Å². The van der Waals surface area contributed by atoms with Crippen LogP contribution in [0.25, 0.3) is 5.57 Å². The normalized spacial score (nSPS) is 9.50. The highest BCUT2D eigenvalue weighted by Crippen LogP contribution is 2.23. The summed E-state index contributed by atoms with van der Waals surface area (Å²) in [5, 5.41) is 9.43. The highest BCUT2D eigenvalue weighted by atomic mass is 16.5. The molecule has 0 aliphatic heterocycles. The lowest BCUT2D eigenvalue weighted by Crippen LogP contribution is -2.05. The van der Waals surface area contributed by atoms with E-state index >= 15 is 0 Å². The molecule has 0 amide bonds. The maximum atomic E-state index is 11.3. The fraction of sp³-hybridized carbons (Fsp3) is 0.182. The highest BCUT2D eigenvalue weighted by Gasteiger charge is 2.12. The highest BCUT2D eigenvalue weighted by molar-refractivity contribution is 6.16. The van der Waals surface area contributed by atoms with Crippen molar-refractivity contribution in [2.75, 3.05) is 6.61 Å². The number of phenolic OH excluding ortho intramolecular Hbond substituents is 1. The van der Waals surface area contributed by atoms with Crippen molar-refractivity contribution in [2.24, 2.45) is 0 Å². The molecule has 1 aromatic carbocycles. The van der Waals surface area contributed by atoms with Gasteiger partial charge in [-0.3, -0.25) is 0 Å². The molecular weight excluding hydrogens is 180 g/mol. The molecule has 0 saturated carbocycles. The van der Waals surface area contributed by atoms with E-state index in [2.05, 4.69) is 6.58 Å². The summed E-state index contributed by atoms with van der Waals surface area (Å²) in [5.74, 6) is -0.473. The van der Waals surface area contributed by atoms with Gasteiger partial charge in [0, 0.05) is 5.56 Å². The van der Waals surface area contributed by atoms with E-state index < -0.39 is 5.97 Å². The molecule has 0 bridgehead atoms. The van der Waals surface area contributed by atoms with Crippen molar-refractivity contribution in [3.05, 3.63) is 36.4 Å². The fourth-order valence-corrected chi connectivity index (χ4v) is 1.06. The number of hydrogen-bond acceptors (Lipinski definition) is 3. The largest absolute Gasteiger partial charge is 0.507 e. The summed E-state index contributed by atoms with van der Waals surface area (Å²) < 4.78 is 4.76. The summed E-state index contributed by atoms with van der Waals surface area (Å²) in [7, 11) is 0. The molecule has 0 aromatic heterocycles. The molecule has 0 aliphatic carbocycles. The van der Waals surface area contributed by atoms with Crippen molar-refractivity contribution in [1.82, 2.24) is 0 Å². The number of carbonyl (C=O) groups is 1. The summed E-state index contributed by atoms with van der Waals surface area (Å²) in [4.78, 5) is 11.3. The van der Waals surface area contributed by atoms with E-state index in [0.29, 0.717) is 12.2 Å². The van der Waals surface area contributed by atoms with Crippen LogP contribution >= 0.6 is 0 Å². The Bertz CT molecular complexity index is 355. The number of carbonyl (C=O) groups excluding carboxylic acids is 1. The lowest BCUT2D eigenvalue weighted by atomic mass is 10.1. The number of para-hydroxylation sites is 1. The topological polar surface area (TPSA) is 46.5 Å². The van der Waals surface area contributed by atoms with Crippen molar-refractivity contribution >= 4 is 11.5 Å². The summed E-state index contributed by atoms with van der Waals surface area (Å²) in [5.41, 5.74) is 0.580. The minimum atomic E-state index is -0.506. The van der Waals surface area contributed by atoms with Crippen LogP contribution in [0.2, 0.25) is 0 Å². The van der Waals surface area contributed by atoms with Crippen LogP contribution in [0.3, 0.4) is 0 Å². The van der Waals surface area contributed by atoms with Crippen molar-refractivity contribution < 1.29 is 14.6 Å². The van der Waals surface area contributed by atoms with Gasteiger partial charge in [-0.15, -0.1) is 0 Å². The summed E-state index contributed by atoms with van der Waals surface area (Å²) in [6.45, 7) is 5.59. The van der Waals surface area contributed by atoms with Crippen molar-refractivity contribution in [1.29, 1.82) is 0 Å². The first-order valence-corrected chi connectivity index (χ1v) is 4.31. The lowest BCUT2D eigenvalue weighted by Gasteiger charge is -2.06. The van der Waals surface area contributed by atoms with Crippen LogP contribution in [0.4, 0.5) is 0 Å². The quantitative estimate of drug-likeness (QED) is 0.588. The average molecular weight is 192 g/mol. The first-order valence-electron chi connectivity index (χ1n) is 4.31. The van der Waals surface area contributed by atoms with Gasteiger partial charge in [-0.1, -0.05) is 24.8 Å². The lowest BCUT2D eigenvalue weighted by molar-refractivity contribution is -0.136. The molecule has 1 aromatic rings. The predicted octanol–water partition coefficient (Wildman–Crippen LogP) is 1.97. The monoisotopic (exact) mass is 192 g/mol. The van der Waals surface area contributed by atoms with Gasteiger partial charge in [-0.25, -0.2) is 4.79 Å². The van der Waals surface area contributed by atoms with Gasteiger partial charge in [-0.05, 0) is 13.0 Å². The summed E-state index contributed by atoms with van der Waals surface area (Å²) in [6, 6.07) is 6.52. The van der Waals surface area contributed by atoms with E-state index in [1.54, 1.807) is 25.1 Å². The zero-order chi connectivity index (χ0) is 10.6. The second kappa shape index (κ2) is 4.46. The van der Waals surface area contributed by atoms with Gasteiger partial charge in [0.25, 0.3) is 0 Å². The molecule has 0 fully saturated rings. The van der Waals surface area contributed by atoms with Crippen LogP contribution in [-0.2, 0) is 9.53 Å². The SMILES string of the molecule is C=C(C(=O)OCC)c1ccccc1O. The van der Waals surface area contributed by atoms with Crippen LogP contribution < -0.4 is 0 Å². The van der Waals surface area contributed by atoms with Crippen LogP contribution in [-0.4, -0.2) is 17.7 Å². The number of hydrogen-bond donors (Lipinski definition) is 1. The van der Waals surface area contributed by atoms with Gasteiger partial charge in [0.2, 0.25) is 0 Å². The third-order valence-corrected chi connectivity index (χ3v) is 1.75. The molecule has 14 heavy (non-hydrogen) atoms. The number of ether oxygens (including phenoxy) is 1. The van der Waals surface area contributed by atoms with Gasteiger partial charge < -0.3 is 9.84 Å². The van der Waals surface area contributed by atoms with Gasteiger partial charge in [0.1, 0.15) is 5.75 Å². The Hall–Kier alpha value is -1.77. The Balaban J connectivity index is 2.90. The molecule has 0 atom stereocenters. The van der Waals surface area contributed by atoms with Crippen LogP contribution in [0.15, 0.2) is 30.8 Å². The number of aromatic hydroxyl groups is 1. The van der Waals surface area contributed by atoms with Gasteiger partial charge >= 0.3 is 5.97 Å². The Kier molecular flexibility index (Phi) is 3.29. The molecule has 0 spiro atoms. The maximum absolute atomic E-state index is 11.3. The van der Waals surface area contributed by atoms with Crippen LogP contribution in [0.1, 0.15) is 12.5 Å². The van der Waals surface area contributed by atoms with Crippen molar-refractivity contribution in [2.45, 2.75) is 6.92 Å². The summed E-state index contributed by atoms with van der Waals surface area (Å²) >= 11 is 0. The van der Waals surface area contributed by atoms with Gasteiger partial charge in [0.15, 0.2) is 0 Å². The molecule has 0 radical (unpaired) electrons. The molecule has 3 nitrogen and oxygen atoms in total. The predicted molar refractivity (Wildman–Crippen MR) is 53.8 cm³/mol. The van der Waals surface area contributed by atoms with E-state index in [0.717, 1.165) is 0 Å². The number of benzene rings is 1. The Morgan fingerprint density at radius 3 is 2.71 bits per heavy atom. The Morgan fingerprint density at radius 1 is 1.50 bits per heavy atom. The third kappa shape index (κ3) is 2.13. The number of rotatable bonds is 3. The van der Waals surface area contributed by atoms with E-state index in [1.165, 1.54) is 6.07 Å². The van der Waals surface area contributed by atoms with Crippen molar-refractivity contribution in [3.63, 3.8) is 0 Å². The number of phenols is 1. The first kappa shape index (κ1) is 10.3. The summed E-state index contributed by atoms with van der Waals surface area (Å²) in [6.07, 6.45) is 0. The zero-order valence-corrected chi connectivity index (χ0v) is 7.99. The molecule has 74 valence electrons. The number of esters is 1. The minimum Gasteiger partial charge on any atom is -0.507 e. The fourth-order valence-electron chi connectivity index (χ4n) is 1.06. The molecule has 1 N–H and O–H groups in total. The van der Waals surface area contributed by atoms with Crippen LogP contribution in [0.5, 0.6) is 5.75 Å². The molecule has 3 heteroatoms. The molecule has 0 heterocycles. The van der Waals surface area contributed by atoms with E-state index in [4.69, 9.17) is 4.74 Å². The van der Waals surface area contributed by atoms with Gasteiger partial charge in [-0.2, -0.15) is 0 Å².